The van der Waals surface area contributed by atoms with E-state index >= 15 is 0 Å². The lowest BCUT2D eigenvalue weighted by molar-refractivity contribution is 0.262. The van der Waals surface area contributed by atoms with Crippen molar-refractivity contribution < 1.29 is 5.11 Å². The zero-order valence-corrected chi connectivity index (χ0v) is 10.6. The van der Waals surface area contributed by atoms with Crippen LogP contribution in [0.4, 0.5) is 0 Å². The fraction of sp³-hybridized carbons (Fsp3) is 0.462. The van der Waals surface area contributed by atoms with Gasteiger partial charge in [-0.25, -0.2) is 4.98 Å². The molecule has 4 heteroatoms. The minimum absolute atomic E-state index is 0.132. The Hall–Kier alpha value is -1.39. The first-order valence-corrected chi connectivity index (χ1v) is 5.87. The summed E-state index contributed by atoms with van der Waals surface area (Å²) in [6.45, 7) is 2.84. The number of aliphatic hydroxyl groups excluding tert-OH is 1. The molecule has 0 radical (unpaired) electrons. The number of para-hydroxylation sites is 2. The third kappa shape index (κ3) is 2.18. The predicted octanol–water partition coefficient (Wildman–Crippen LogP) is 1.65. The van der Waals surface area contributed by atoms with Crippen LogP contribution < -0.4 is 0 Å². The van der Waals surface area contributed by atoms with E-state index in [1.54, 1.807) is 0 Å². The topological polar surface area (TPSA) is 41.3 Å². The second-order valence-corrected chi connectivity index (χ2v) is 4.47. The van der Waals surface area contributed by atoms with Gasteiger partial charge in [-0.3, -0.25) is 4.90 Å². The molecule has 2 aromatic rings. The molecule has 0 bridgehead atoms. The second kappa shape index (κ2) is 4.85. The van der Waals surface area contributed by atoms with Crippen LogP contribution in [0, 0.1) is 0 Å². The number of benzene rings is 1. The maximum absolute atomic E-state index is 9.18. The fourth-order valence-electron chi connectivity index (χ4n) is 1.98. The number of hydrogen-bond acceptors (Lipinski definition) is 3. The molecule has 1 aromatic heterocycles. The molecule has 0 saturated heterocycles. The lowest BCUT2D eigenvalue weighted by Gasteiger charge is -2.20. The monoisotopic (exact) mass is 233 g/mol. The Kier molecular flexibility index (Phi) is 3.45. The van der Waals surface area contributed by atoms with E-state index in [0.717, 1.165) is 16.9 Å². The van der Waals surface area contributed by atoms with Crippen LogP contribution in [0.2, 0.25) is 0 Å². The Morgan fingerprint density at radius 1 is 1.35 bits per heavy atom. The summed E-state index contributed by atoms with van der Waals surface area (Å²) in [5, 5.41) is 9.18. The highest BCUT2D eigenvalue weighted by Gasteiger charge is 2.17. The number of imidazole rings is 1. The van der Waals surface area contributed by atoms with Gasteiger partial charge in [-0.15, -0.1) is 0 Å². The lowest BCUT2D eigenvalue weighted by atomic mass is 10.3. The summed E-state index contributed by atoms with van der Waals surface area (Å²) in [7, 11) is 4.07. The third-order valence-electron chi connectivity index (χ3n) is 3.16. The van der Waals surface area contributed by atoms with Crippen molar-refractivity contribution in [3.8, 4) is 0 Å². The number of fused-ring (bicyclic) bond motifs is 1. The molecule has 0 aliphatic heterocycles. The van der Waals surface area contributed by atoms with Crippen LogP contribution in [0.25, 0.3) is 11.0 Å². The summed E-state index contributed by atoms with van der Waals surface area (Å²) in [4.78, 5) is 6.78. The summed E-state index contributed by atoms with van der Waals surface area (Å²) >= 11 is 0. The van der Waals surface area contributed by atoms with Crippen molar-refractivity contribution in [2.24, 2.45) is 0 Å². The molecule has 4 nitrogen and oxygen atoms in total. The quantitative estimate of drug-likeness (QED) is 0.873. The molecule has 1 N–H and O–H groups in total. The maximum Gasteiger partial charge on any atom is 0.127 e. The second-order valence-electron chi connectivity index (χ2n) is 4.47. The predicted molar refractivity (Wildman–Crippen MR) is 68.9 cm³/mol. The van der Waals surface area contributed by atoms with E-state index in [1.807, 2.05) is 38.4 Å². The van der Waals surface area contributed by atoms with Gasteiger partial charge in [0.1, 0.15) is 5.82 Å². The van der Waals surface area contributed by atoms with Gasteiger partial charge in [0.05, 0.1) is 23.7 Å². The highest BCUT2D eigenvalue weighted by atomic mass is 16.3. The molecular formula is C13H19N3O. The minimum Gasteiger partial charge on any atom is -0.395 e. The standard InChI is InChI=1S/C13H19N3O/c1-10(15(2)3)13-14-11-6-4-5-7-12(11)16(13)8-9-17/h4-7,10,17H,8-9H2,1-3H3. The molecule has 0 amide bonds. The zero-order valence-electron chi connectivity index (χ0n) is 10.6. The Balaban J connectivity index is 2.57. The summed E-state index contributed by atoms with van der Waals surface area (Å²) in [6, 6.07) is 8.28. The summed E-state index contributed by atoms with van der Waals surface area (Å²) in [5.41, 5.74) is 2.08. The molecule has 2 rings (SSSR count). The van der Waals surface area contributed by atoms with Crippen molar-refractivity contribution in [2.75, 3.05) is 20.7 Å². The normalized spacial score (nSPS) is 13.5. The maximum atomic E-state index is 9.18. The molecule has 0 spiro atoms. The van der Waals surface area contributed by atoms with Crippen LogP contribution in [-0.2, 0) is 6.54 Å². The van der Waals surface area contributed by atoms with Crippen molar-refractivity contribution >= 4 is 11.0 Å². The lowest BCUT2D eigenvalue weighted by Crippen LogP contribution is -2.21. The molecule has 17 heavy (non-hydrogen) atoms. The molecule has 0 saturated carbocycles. The Bertz CT molecular complexity index is 504. The number of nitrogens with zero attached hydrogens (tertiary/aromatic N) is 3. The highest BCUT2D eigenvalue weighted by molar-refractivity contribution is 5.76. The summed E-state index contributed by atoms with van der Waals surface area (Å²) in [5.74, 6) is 1.00. The molecule has 1 aromatic carbocycles. The van der Waals surface area contributed by atoms with E-state index in [2.05, 4.69) is 21.4 Å². The first-order chi connectivity index (χ1) is 8.15. The summed E-state index contributed by atoms with van der Waals surface area (Å²) in [6.07, 6.45) is 0. The average molecular weight is 233 g/mol. The smallest absolute Gasteiger partial charge is 0.127 e. The number of hydrogen-bond donors (Lipinski definition) is 1. The molecule has 1 unspecified atom stereocenters. The van der Waals surface area contributed by atoms with E-state index in [0.29, 0.717) is 6.54 Å². The van der Waals surface area contributed by atoms with E-state index in [4.69, 9.17) is 0 Å². The molecule has 0 aliphatic rings. The van der Waals surface area contributed by atoms with Crippen LogP contribution in [-0.4, -0.2) is 40.3 Å². The number of rotatable bonds is 4. The van der Waals surface area contributed by atoms with Gasteiger partial charge < -0.3 is 9.67 Å². The van der Waals surface area contributed by atoms with Crippen molar-refractivity contribution in [3.63, 3.8) is 0 Å². The highest BCUT2D eigenvalue weighted by Crippen LogP contribution is 2.22. The largest absolute Gasteiger partial charge is 0.395 e. The molecule has 1 heterocycles. The first-order valence-electron chi connectivity index (χ1n) is 5.87. The van der Waals surface area contributed by atoms with E-state index < -0.39 is 0 Å². The molecule has 0 fully saturated rings. The molecule has 92 valence electrons. The summed E-state index contributed by atoms with van der Waals surface area (Å²) < 4.78 is 2.10. The van der Waals surface area contributed by atoms with E-state index in [1.165, 1.54) is 0 Å². The molecule has 1 atom stereocenters. The van der Waals surface area contributed by atoms with E-state index in [-0.39, 0.29) is 12.6 Å². The van der Waals surface area contributed by atoms with Crippen LogP contribution >= 0.6 is 0 Å². The van der Waals surface area contributed by atoms with Crippen molar-refractivity contribution in [2.45, 2.75) is 19.5 Å². The Morgan fingerprint density at radius 3 is 2.71 bits per heavy atom. The van der Waals surface area contributed by atoms with Gasteiger partial charge in [-0.2, -0.15) is 0 Å². The average Bonchev–Trinajstić information content (AvgIpc) is 2.68. The zero-order chi connectivity index (χ0) is 12.4. The van der Waals surface area contributed by atoms with Crippen LogP contribution in [0.3, 0.4) is 0 Å². The van der Waals surface area contributed by atoms with Crippen LogP contribution in [0.15, 0.2) is 24.3 Å². The van der Waals surface area contributed by atoms with Gasteiger partial charge in [0.15, 0.2) is 0 Å². The number of aliphatic hydroxyl groups is 1. The van der Waals surface area contributed by atoms with Gasteiger partial charge in [-0.1, -0.05) is 12.1 Å². The molecular weight excluding hydrogens is 214 g/mol. The number of aromatic nitrogens is 2. The van der Waals surface area contributed by atoms with Gasteiger partial charge >= 0.3 is 0 Å². The Labute approximate surface area is 101 Å². The van der Waals surface area contributed by atoms with Crippen molar-refractivity contribution in [1.82, 2.24) is 14.5 Å². The van der Waals surface area contributed by atoms with Gasteiger partial charge in [0.2, 0.25) is 0 Å². The van der Waals surface area contributed by atoms with Crippen molar-refractivity contribution in [3.05, 3.63) is 30.1 Å². The first kappa shape index (κ1) is 12.1. The Morgan fingerprint density at radius 2 is 2.06 bits per heavy atom. The molecule has 0 aliphatic carbocycles. The van der Waals surface area contributed by atoms with Crippen LogP contribution in [0.5, 0.6) is 0 Å². The van der Waals surface area contributed by atoms with Crippen LogP contribution in [0.1, 0.15) is 18.8 Å². The fourth-order valence-corrected chi connectivity index (χ4v) is 1.98. The van der Waals surface area contributed by atoms with Gasteiger partial charge in [-0.05, 0) is 33.2 Å². The third-order valence-corrected chi connectivity index (χ3v) is 3.16. The van der Waals surface area contributed by atoms with Gasteiger partial charge in [0, 0.05) is 6.54 Å². The van der Waals surface area contributed by atoms with Crippen molar-refractivity contribution in [1.29, 1.82) is 0 Å². The SMILES string of the molecule is CC(c1nc2ccccc2n1CCO)N(C)C. The van der Waals surface area contributed by atoms with E-state index in [9.17, 15) is 5.11 Å². The van der Waals surface area contributed by atoms with Gasteiger partial charge in [0.25, 0.3) is 0 Å². The minimum atomic E-state index is 0.132.